The second-order valence-electron chi connectivity index (χ2n) is 2.53. The average molecular weight is 148 g/mol. The monoisotopic (exact) mass is 148 g/mol. The lowest BCUT2D eigenvalue weighted by atomic mass is 10.1. The number of aromatic nitrogens is 1. The second kappa shape index (κ2) is 3.28. The summed E-state index contributed by atoms with van der Waals surface area (Å²) >= 11 is 0. The summed E-state index contributed by atoms with van der Waals surface area (Å²) in [6.45, 7) is 4.13. The van der Waals surface area contributed by atoms with Crippen LogP contribution in [0.3, 0.4) is 0 Å². The third-order valence-electron chi connectivity index (χ3n) is 1.77. The first-order valence-corrected chi connectivity index (χ1v) is 3.60. The number of hydrogen-bond acceptors (Lipinski definition) is 2. The Morgan fingerprint density at radius 3 is 2.82 bits per heavy atom. The molecule has 0 N–H and O–H groups in total. The van der Waals surface area contributed by atoms with Gasteiger partial charge in [0.15, 0.2) is 0 Å². The molecule has 1 rings (SSSR count). The number of aryl methyl sites for hydroxylation is 1. The molecule has 0 aliphatic heterocycles. The van der Waals surface area contributed by atoms with E-state index >= 15 is 0 Å². The van der Waals surface area contributed by atoms with Crippen molar-refractivity contribution >= 4 is 6.21 Å². The van der Waals surface area contributed by atoms with Gasteiger partial charge in [0.2, 0.25) is 0 Å². The molecule has 0 aliphatic carbocycles. The van der Waals surface area contributed by atoms with Crippen LogP contribution in [-0.4, -0.2) is 18.2 Å². The lowest BCUT2D eigenvalue weighted by Gasteiger charge is -2.00. The van der Waals surface area contributed by atoms with Crippen LogP contribution >= 0.6 is 0 Å². The number of hydrogen-bond donors (Lipinski definition) is 0. The molecule has 1 heterocycles. The predicted octanol–water partition coefficient (Wildman–Crippen LogP) is 1.75. The molecule has 0 aliphatic rings. The minimum absolute atomic E-state index is 0.965. The Labute approximate surface area is 67.0 Å². The van der Waals surface area contributed by atoms with Gasteiger partial charge in [-0.2, -0.15) is 0 Å². The van der Waals surface area contributed by atoms with Gasteiger partial charge < -0.3 is 0 Å². The Kier molecular flexibility index (Phi) is 2.36. The lowest BCUT2D eigenvalue weighted by molar-refractivity contribution is 1.19. The molecule has 2 heteroatoms. The van der Waals surface area contributed by atoms with Crippen LogP contribution in [0, 0.1) is 13.8 Å². The quantitative estimate of drug-likeness (QED) is 0.557. The van der Waals surface area contributed by atoms with E-state index in [-0.39, 0.29) is 0 Å². The molecule has 1 aromatic rings. The summed E-state index contributed by atoms with van der Waals surface area (Å²) in [6, 6.07) is 2.00. The highest BCUT2D eigenvalue weighted by Gasteiger charge is 1.97. The fraction of sp³-hybridized carbons (Fsp3) is 0.333. The molecule has 0 unspecified atom stereocenters. The Bertz CT molecular complexity index is 277. The van der Waals surface area contributed by atoms with Crippen molar-refractivity contribution < 1.29 is 0 Å². The van der Waals surface area contributed by atoms with E-state index in [9.17, 15) is 0 Å². The molecule has 0 fully saturated rings. The zero-order valence-corrected chi connectivity index (χ0v) is 7.13. The van der Waals surface area contributed by atoms with Crippen LogP contribution in [0.5, 0.6) is 0 Å². The normalized spacial score (nSPS) is 10.8. The minimum atomic E-state index is 0.965. The molecule has 0 radical (unpaired) electrons. The maximum Gasteiger partial charge on any atom is 0.0839 e. The SMILES string of the molecule is C/N=C\c1nccc(C)c1C. The molecule has 0 saturated carbocycles. The van der Waals surface area contributed by atoms with E-state index in [1.807, 2.05) is 6.07 Å². The Morgan fingerprint density at radius 1 is 1.45 bits per heavy atom. The molecule has 2 nitrogen and oxygen atoms in total. The van der Waals surface area contributed by atoms with Gasteiger partial charge in [0.1, 0.15) is 0 Å². The smallest absolute Gasteiger partial charge is 0.0839 e. The van der Waals surface area contributed by atoms with Gasteiger partial charge in [0.05, 0.1) is 5.69 Å². The van der Waals surface area contributed by atoms with Crippen LogP contribution in [0.4, 0.5) is 0 Å². The van der Waals surface area contributed by atoms with Crippen LogP contribution in [0.1, 0.15) is 16.8 Å². The predicted molar refractivity (Wildman–Crippen MR) is 47.2 cm³/mol. The van der Waals surface area contributed by atoms with E-state index in [1.54, 1.807) is 19.5 Å². The van der Waals surface area contributed by atoms with Crippen molar-refractivity contribution in [2.75, 3.05) is 7.05 Å². The van der Waals surface area contributed by atoms with E-state index in [0.717, 1.165) is 5.69 Å². The van der Waals surface area contributed by atoms with Gasteiger partial charge >= 0.3 is 0 Å². The van der Waals surface area contributed by atoms with Gasteiger partial charge in [0, 0.05) is 19.5 Å². The molecule has 0 amide bonds. The van der Waals surface area contributed by atoms with Crippen molar-refractivity contribution in [3.63, 3.8) is 0 Å². The highest BCUT2D eigenvalue weighted by Crippen LogP contribution is 2.06. The molecule has 0 aromatic carbocycles. The highest BCUT2D eigenvalue weighted by atomic mass is 14.7. The second-order valence-corrected chi connectivity index (χ2v) is 2.53. The van der Waals surface area contributed by atoms with Crippen LogP contribution < -0.4 is 0 Å². The molecule has 0 atom stereocenters. The number of nitrogens with zero attached hydrogens (tertiary/aromatic N) is 2. The van der Waals surface area contributed by atoms with Crippen LogP contribution in [0.25, 0.3) is 0 Å². The minimum Gasteiger partial charge on any atom is -0.294 e. The summed E-state index contributed by atoms with van der Waals surface area (Å²) in [5.74, 6) is 0. The summed E-state index contributed by atoms with van der Waals surface area (Å²) in [6.07, 6.45) is 3.58. The molecular weight excluding hydrogens is 136 g/mol. The fourth-order valence-corrected chi connectivity index (χ4v) is 0.906. The third kappa shape index (κ3) is 1.64. The first-order chi connectivity index (χ1) is 5.25. The summed E-state index contributed by atoms with van der Waals surface area (Å²) in [5, 5.41) is 0. The van der Waals surface area contributed by atoms with Crippen molar-refractivity contribution in [3.05, 3.63) is 29.1 Å². The molecule has 58 valence electrons. The van der Waals surface area contributed by atoms with Crippen LogP contribution in [0.2, 0.25) is 0 Å². The number of pyridine rings is 1. The molecular formula is C9H12N2. The Balaban J connectivity index is 3.16. The number of rotatable bonds is 1. The highest BCUT2D eigenvalue weighted by molar-refractivity contribution is 5.79. The van der Waals surface area contributed by atoms with E-state index in [0.29, 0.717) is 0 Å². The zero-order chi connectivity index (χ0) is 8.27. The third-order valence-corrected chi connectivity index (χ3v) is 1.77. The van der Waals surface area contributed by atoms with Crippen molar-refractivity contribution in [2.24, 2.45) is 4.99 Å². The van der Waals surface area contributed by atoms with Gasteiger partial charge in [-0.1, -0.05) is 0 Å². The zero-order valence-electron chi connectivity index (χ0n) is 7.13. The molecule has 11 heavy (non-hydrogen) atoms. The maximum atomic E-state index is 4.18. The van der Waals surface area contributed by atoms with Gasteiger partial charge in [-0.3, -0.25) is 9.98 Å². The van der Waals surface area contributed by atoms with E-state index in [2.05, 4.69) is 23.8 Å². The summed E-state index contributed by atoms with van der Waals surface area (Å²) in [7, 11) is 1.75. The van der Waals surface area contributed by atoms with Crippen LogP contribution in [-0.2, 0) is 0 Å². The van der Waals surface area contributed by atoms with Crippen molar-refractivity contribution in [1.29, 1.82) is 0 Å². The van der Waals surface area contributed by atoms with Gasteiger partial charge in [-0.15, -0.1) is 0 Å². The molecule has 1 aromatic heterocycles. The molecule has 0 bridgehead atoms. The van der Waals surface area contributed by atoms with Crippen molar-refractivity contribution in [3.8, 4) is 0 Å². The Morgan fingerprint density at radius 2 is 2.18 bits per heavy atom. The van der Waals surface area contributed by atoms with E-state index in [1.165, 1.54) is 11.1 Å². The lowest BCUT2D eigenvalue weighted by Crippen LogP contribution is -1.93. The fourth-order valence-electron chi connectivity index (χ4n) is 0.906. The number of aliphatic imine (C=N–C) groups is 1. The first kappa shape index (κ1) is 7.92. The van der Waals surface area contributed by atoms with Gasteiger partial charge in [0.25, 0.3) is 0 Å². The van der Waals surface area contributed by atoms with Crippen molar-refractivity contribution in [2.45, 2.75) is 13.8 Å². The largest absolute Gasteiger partial charge is 0.294 e. The van der Waals surface area contributed by atoms with Gasteiger partial charge in [-0.05, 0) is 31.0 Å². The summed E-state index contributed by atoms with van der Waals surface area (Å²) < 4.78 is 0. The summed E-state index contributed by atoms with van der Waals surface area (Å²) in [5.41, 5.74) is 3.43. The molecule has 0 saturated heterocycles. The van der Waals surface area contributed by atoms with Gasteiger partial charge in [-0.25, -0.2) is 0 Å². The molecule has 0 spiro atoms. The van der Waals surface area contributed by atoms with Crippen molar-refractivity contribution in [1.82, 2.24) is 4.98 Å². The maximum absolute atomic E-state index is 4.18. The Hall–Kier alpha value is -1.18. The average Bonchev–Trinajstić information content (AvgIpc) is 1.99. The topological polar surface area (TPSA) is 25.2 Å². The van der Waals surface area contributed by atoms with E-state index < -0.39 is 0 Å². The first-order valence-electron chi connectivity index (χ1n) is 3.60. The van der Waals surface area contributed by atoms with Crippen LogP contribution in [0.15, 0.2) is 17.3 Å². The summed E-state index contributed by atoms with van der Waals surface area (Å²) in [4.78, 5) is 8.10. The van der Waals surface area contributed by atoms with E-state index in [4.69, 9.17) is 0 Å². The standard InChI is InChI=1S/C9H12N2/c1-7-4-5-11-9(6-10-3)8(7)2/h4-6H,1-3H3/b10-6-.